The lowest BCUT2D eigenvalue weighted by Gasteiger charge is -2.22. The summed E-state index contributed by atoms with van der Waals surface area (Å²) in [7, 11) is 5.57. The van der Waals surface area contributed by atoms with E-state index in [-0.39, 0.29) is 18.2 Å². The van der Waals surface area contributed by atoms with E-state index in [1.165, 1.54) is 6.92 Å². The molecule has 0 aromatic heterocycles. The standard InChI is InChI=1S/C18H29N3O3/c1-14-7-8-17(24-5)16(13-14)19-18(23)9-12-21(15(2)22)11-6-10-20(3)4/h7-8,13H,6,9-12H2,1-5H3,(H,19,23). The quantitative estimate of drug-likeness (QED) is 0.751. The van der Waals surface area contributed by atoms with Gasteiger partial charge in [0.2, 0.25) is 11.8 Å². The van der Waals surface area contributed by atoms with Crippen LogP contribution >= 0.6 is 0 Å². The van der Waals surface area contributed by atoms with Crippen molar-refractivity contribution < 1.29 is 14.3 Å². The van der Waals surface area contributed by atoms with Gasteiger partial charge in [-0.05, 0) is 51.7 Å². The highest BCUT2D eigenvalue weighted by Crippen LogP contribution is 2.25. The number of aryl methyl sites for hydroxylation is 1. The summed E-state index contributed by atoms with van der Waals surface area (Å²) >= 11 is 0. The van der Waals surface area contributed by atoms with Crippen molar-refractivity contribution in [1.29, 1.82) is 0 Å². The number of carbonyl (C=O) groups is 2. The summed E-state index contributed by atoms with van der Waals surface area (Å²) in [5.74, 6) is 0.496. The van der Waals surface area contributed by atoms with Crippen LogP contribution in [-0.2, 0) is 9.59 Å². The highest BCUT2D eigenvalue weighted by Gasteiger charge is 2.13. The van der Waals surface area contributed by atoms with Gasteiger partial charge in [-0.15, -0.1) is 0 Å². The number of hydrogen-bond donors (Lipinski definition) is 1. The normalized spacial score (nSPS) is 10.6. The molecule has 1 rings (SSSR count). The number of anilines is 1. The number of carbonyl (C=O) groups excluding carboxylic acids is 2. The molecule has 0 saturated heterocycles. The van der Waals surface area contributed by atoms with Crippen molar-refractivity contribution >= 4 is 17.5 Å². The van der Waals surface area contributed by atoms with Crippen molar-refractivity contribution in [1.82, 2.24) is 9.80 Å². The van der Waals surface area contributed by atoms with Crippen LogP contribution in [0, 0.1) is 6.92 Å². The fraction of sp³-hybridized carbons (Fsp3) is 0.556. The largest absolute Gasteiger partial charge is 0.495 e. The van der Waals surface area contributed by atoms with Gasteiger partial charge in [-0.1, -0.05) is 6.07 Å². The molecule has 1 aromatic rings. The van der Waals surface area contributed by atoms with Crippen LogP contribution in [0.15, 0.2) is 18.2 Å². The molecule has 6 nitrogen and oxygen atoms in total. The average molecular weight is 335 g/mol. The number of amides is 2. The minimum atomic E-state index is -0.127. The van der Waals surface area contributed by atoms with E-state index in [1.807, 2.05) is 39.2 Å². The maximum Gasteiger partial charge on any atom is 0.226 e. The summed E-state index contributed by atoms with van der Waals surface area (Å²) < 4.78 is 5.26. The van der Waals surface area contributed by atoms with Gasteiger partial charge in [-0.25, -0.2) is 0 Å². The topological polar surface area (TPSA) is 61.9 Å². The Balaban J connectivity index is 2.54. The van der Waals surface area contributed by atoms with Crippen LogP contribution in [0.4, 0.5) is 5.69 Å². The third-order valence-electron chi connectivity index (χ3n) is 3.72. The van der Waals surface area contributed by atoms with E-state index in [9.17, 15) is 9.59 Å². The van der Waals surface area contributed by atoms with Gasteiger partial charge < -0.3 is 19.9 Å². The molecule has 1 N–H and O–H groups in total. The molecule has 0 unspecified atom stereocenters. The van der Waals surface area contributed by atoms with E-state index in [0.29, 0.717) is 24.5 Å². The lowest BCUT2D eigenvalue weighted by atomic mass is 10.2. The molecule has 0 fully saturated rings. The average Bonchev–Trinajstić information content (AvgIpc) is 2.50. The third kappa shape index (κ3) is 7.00. The van der Waals surface area contributed by atoms with E-state index >= 15 is 0 Å². The first kappa shape index (κ1) is 20.0. The van der Waals surface area contributed by atoms with Crippen LogP contribution in [0.3, 0.4) is 0 Å². The molecule has 0 radical (unpaired) electrons. The number of hydrogen-bond acceptors (Lipinski definition) is 4. The third-order valence-corrected chi connectivity index (χ3v) is 3.72. The first-order valence-corrected chi connectivity index (χ1v) is 8.18. The molecular formula is C18H29N3O3. The number of nitrogens with zero attached hydrogens (tertiary/aromatic N) is 2. The van der Waals surface area contributed by atoms with Crippen LogP contribution in [-0.4, -0.2) is 62.5 Å². The zero-order valence-electron chi connectivity index (χ0n) is 15.4. The summed E-state index contributed by atoms with van der Waals surface area (Å²) in [4.78, 5) is 27.7. The molecule has 24 heavy (non-hydrogen) atoms. The Labute approximate surface area is 144 Å². The zero-order valence-corrected chi connectivity index (χ0v) is 15.4. The van der Waals surface area contributed by atoms with Crippen molar-refractivity contribution in [3.8, 4) is 5.75 Å². The van der Waals surface area contributed by atoms with Crippen LogP contribution < -0.4 is 10.1 Å². The predicted octanol–water partition coefficient (Wildman–Crippen LogP) is 2.13. The molecule has 0 heterocycles. The molecule has 0 spiro atoms. The second-order valence-electron chi connectivity index (χ2n) is 6.16. The Bertz CT molecular complexity index is 558. The van der Waals surface area contributed by atoms with Crippen LogP contribution in [0.25, 0.3) is 0 Å². The summed E-state index contributed by atoms with van der Waals surface area (Å²) in [6.07, 6.45) is 1.15. The van der Waals surface area contributed by atoms with Gasteiger partial charge in [-0.2, -0.15) is 0 Å². The van der Waals surface area contributed by atoms with Gasteiger partial charge in [-0.3, -0.25) is 9.59 Å². The summed E-state index contributed by atoms with van der Waals surface area (Å²) in [5, 5.41) is 2.86. The number of rotatable bonds is 9. The monoisotopic (exact) mass is 335 g/mol. The second-order valence-corrected chi connectivity index (χ2v) is 6.16. The number of methoxy groups -OCH3 is 1. The first-order valence-electron chi connectivity index (χ1n) is 8.18. The fourth-order valence-electron chi connectivity index (χ4n) is 2.37. The van der Waals surface area contributed by atoms with Gasteiger partial charge in [0.25, 0.3) is 0 Å². The van der Waals surface area contributed by atoms with Gasteiger partial charge in [0.1, 0.15) is 5.75 Å². The van der Waals surface area contributed by atoms with Crippen LogP contribution in [0.5, 0.6) is 5.75 Å². The van der Waals surface area contributed by atoms with Gasteiger partial charge in [0.05, 0.1) is 12.8 Å². The Morgan fingerprint density at radius 1 is 1.17 bits per heavy atom. The highest BCUT2D eigenvalue weighted by atomic mass is 16.5. The van der Waals surface area contributed by atoms with E-state index in [2.05, 4.69) is 10.2 Å². The van der Waals surface area contributed by atoms with Crippen molar-refractivity contribution in [2.45, 2.75) is 26.7 Å². The molecule has 2 amide bonds. The molecule has 0 bridgehead atoms. The molecule has 0 saturated carbocycles. The Hall–Kier alpha value is -2.08. The Kier molecular flexibility index (Phi) is 8.26. The van der Waals surface area contributed by atoms with Gasteiger partial charge >= 0.3 is 0 Å². The molecule has 0 aliphatic carbocycles. The van der Waals surface area contributed by atoms with Gasteiger partial charge in [0.15, 0.2) is 0 Å². The second kappa shape index (κ2) is 9.93. The van der Waals surface area contributed by atoms with Crippen LogP contribution in [0.1, 0.15) is 25.3 Å². The summed E-state index contributed by atoms with van der Waals surface area (Å²) in [5.41, 5.74) is 1.70. The predicted molar refractivity (Wildman–Crippen MR) is 96.4 cm³/mol. The Morgan fingerprint density at radius 3 is 2.46 bits per heavy atom. The molecule has 0 aliphatic rings. The lowest BCUT2D eigenvalue weighted by Crippen LogP contribution is -2.34. The SMILES string of the molecule is COc1ccc(C)cc1NC(=O)CCN(CCCN(C)C)C(C)=O. The molecule has 6 heteroatoms. The number of benzene rings is 1. The fourth-order valence-corrected chi connectivity index (χ4v) is 2.37. The molecule has 0 atom stereocenters. The number of nitrogens with one attached hydrogen (secondary N) is 1. The minimum Gasteiger partial charge on any atom is -0.495 e. The smallest absolute Gasteiger partial charge is 0.226 e. The van der Waals surface area contributed by atoms with Crippen molar-refractivity contribution in [3.63, 3.8) is 0 Å². The highest BCUT2D eigenvalue weighted by molar-refractivity contribution is 5.92. The Morgan fingerprint density at radius 2 is 1.88 bits per heavy atom. The molecule has 0 aliphatic heterocycles. The lowest BCUT2D eigenvalue weighted by molar-refractivity contribution is -0.129. The summed E-state index contributed by atoms with van der Waals surface area (Å²) in [6.45, 7) is 5.49. The molecular weight excluding hydrogens is 306 g/mol. The maximum atomic E-state index is 12.2. The van der Waals surface area contributed by atoms with Crippen molar-refractivity contribution in [2.75, 3.05) is 46.2 Å². The molecule has 1 aromatic carbocycles. The van der Waals surface area contributed by atoms with Crippen molar-refractivity contribution in [2.24, 2.45) is 0 Å². The van der Waals surface area contributed by atoms with Gasteiger partial charge in [0, 0.05) is 26.4 Å². The summed E-state index contributed by atoms with van der Waals surface area (Å²) in [6, 6.07) is 5.63. The van der Waals surface area contributed by atoms with Crippen molar-refractivity contribution in [3.05, 3.63) is 23.8 Å². The zero-order chi connectivity index (χ0) is 18.1. The maximum absolute atomic E-state index is 12.2. The van der Waals surface area contributed by atoms with E-state index < -0.39 is 0 Å². The van der Waals surface area contributed by atoms with E-state index in [0.717, 1.165) is 18.5 Å². The van der Waals surface area contributed by atoms with E-state index in [1.54, 1.807) is 12.0 Å². The van der Waals surface area contributed by atoms with Crippen LogP contribution in [0.2, 0.25) is 0 Å². The minimum absolute atomic E-state index is 0.00491. The number of ether oxygens (including phenoxy) is 1. The first-order chi connectivity index (χ1) is 11.3. The molecule has 134 valence electrons. The van der Waals surface area contributed by atoms with E-state index in [4.69, 9.17) is 4.74 Å².